The van der Waals surface area contributed by atoms with Crippen molar-refractivity contribution >= 4 is 0 Å². The van der Waals surface area contributed by atoms with E-state index in [0.717, 1.165) is 24.8 Å². The molecule has 0 saturated carbocycles. The van der Waals surface area contributed by atoms with Crippen molar-refractivity contribution in [3.05, 3.63) is 28.8 Å². The molecule has 0 aliphatic carbocycles. The molecule has 1 aromatic rings. The van der Waals surface area contributed by atoms with E-state index in [1.54, 1.807) is 7.11 Å². The van der Waals surface area contributed by atoms with Crippen molar-refractivity contribution < 1.29 is 4.74 Å². The predicted octanol–water partition coefficient (Wildman–Crippen LogP) is 3.03. The zero-order valence-corrected chi connectivity index (χ0v) is 11.3. The maximum Gasteiger partial charge on any atom is 0.122 e. The molecule has 2 nitrogen and oxygen atoms in total. The zero-order chi connectivity index (χ0) is 12.4. The molecule has 1 aliphatic heterocycles. The SMILES string of the molecule is COc1cc(C)cc(C)c1C1CNCCC1C. The lowest BCUT2D eigenvalue weighted by atomic mass is 9.80. The van der Waals surface area contributed by atoms with Crippen molar-refractivity contribution in [1.82, 2.24) is 5.32 Å². The Labute approximate surface area is 104 Å². The first-order chi connectivity index (χ1) is 8.13. The van der Waals surface area contributed by atoms with Crippen LogP contribution in [0.25, 0.3) is 0 Å². The number of methoxy groups -OCH3 is 1. The maximum absolute atomic E-state index is 5.58. The average molecular weight is 233 g/mol. The smallest absolute Gasteiger partial charge is 0.122 e. The fourth-order valence-electron chi connectivity index (χ4n) is 2.96. The Morgan fingerprint density at radius 1 is 1.29 bits per heavy atom. The van der Waals surface area contributed by atoms with Gasteiger partial charge in [-0.3, -0.25) is 0 Å². The van der Waals surface area contributed by atoms with Crippen molar-refractivity contribution in [2.45, 2.75) is 33.1 Å². The predicted molar refractivity (Wildman–Crippen MR) is 71.9 cm³/mol. The molecule has 1 N–H and O–H groups in total. The number of ether oxygens (including phenoxy) is 1. The van der Waals surface area contributed by atoms with Gasteiger partial charge in [0.05, 0.1) is 7.11 Å². The molecule has 0 aromatic heterocycles. The van der Waals surface area contributed by atoms with Crippen molar-refractivity contribution in [3.63, 3.8) is 0 Å². The summed E-state index contributed by atoms with van der Waals surface area (Å²) in [5, 5.41) is 3.50. The first-order valence-corrected chi connectivity index (χ1v) is 6.49. The van der Waals surface area contributed by atoms with Crippen molar-refractivity contribution in [1.29, 1.82) is 0 Å². The van der Waals surface area contributed by atoms with Crippen LogP contribution >= 0.6 is 0 Å². The summed E-state index contributed by atoms with van der Waals surface area (Å²) < 4.78 is 5.58. The minimum absolute atomic E-state index is 0.583. The molecular formula is C15H23NO. The van der Waals surface area contributed by atoms with Gasteiger partial charge in [0.25, 0.3) is 0 Å². The molecule has 2 rings (SSSR count). The molecule has 17 heavy (non-hydrogen) atoms. The van der Waals surface area contributed by atoms with Crippen LogP contribution in [0.3, 0.4) is 0 Å². The topological polar surface area (TPSA) is 21.3 Å². The lowest BCUT2D eigenvalue weighted by molar-refractivity contribution is 0.332. The Bertz CT molecular complexity index is 400. The van der Waals surface area contributed by atoms with Crippen LogP contribution in [0, 0.1) is 19.8 Å². The third-order valence-corrected chi connectivity index (χ3v) is 3.91. The molecule has 1 heterocycles. The molecule has 0 spiro atoms. The molecule has 0 bridgehead atoms. The van der Waals surface area contributed by atoms with Crippen LogP contribution in [-0.2, 0) is 0 Å². The number of nitrogens with one attached hydrogen (secondary N) is 1. The highest BCUT2D eigenvalue weighted by Gasteiger charge is 2.26. The Morgan fingerprint density at radius 3 is 2.71 bits per heavy atom. The molecule has 1 fully saturated rings. The fourth-order valence-corrected chi connectivity index (χ4v) is 2.96. The highest BCUT2D eigenvalue weighted by molar-refractivity contribution is 5.46. The third-order valence-electron chi connectivity index (χ3n) is 3.91. The van der Waals surface area contributed by atoms with Crippen LogP contribution in [0.2, 0.25) is 0 Å². The van der Waals surface area contributed by atoms with Gasteiger partial charge in [-0.2, -0.15) is 0 Å². The van der Waals surface area contributed by atoms with Crippen LogP contribution in [0.5, 0.6) is 5.75 Å². The molecule has 94 valence electrons. The summed E-state index contributed by atoms with van der Waals surface area (Å²) in [4.78, 5) is 0. The van der Waals surface area contributed by atoms with E-state index in [1.165, 1.54) is 23.1 Å². The minimum atomic E-state index is 0.583. The minimum Gasteiger partial charge on any atom is -0.496 e. The zero-order valence-electron chi connectivity index (χ0n) is 11.3. The number of hydrogen-bond acceptors (Lipinski definition) is 2. The Balaban J connectivity index is 2.42. The summed E-state index contributed by atoms with van der Waals surface area (Å²) in [6.45, 7) is 8.89. The van der Waals surface area contributed by atoms with Gasteiger partial charge < -0.3 is 10.1 Å². The second-order valence-electron chi connectivity index (χ2n) is 5.27. The Kier molecular flexibility index (Phi) is 3.72. The highest BCUT2D eigenvalue weighted by Crippen LogP contribution is 2.37. The van der Waals surface area contributed by atoms with E-state index in [1.807, 2.05) is 0 Å². The molecular weight excluding hydrogens is 210 g/mol. The largest absolute Gasteiger partial charge is 0.496 e. The number of hydrogen-bond donors (Lipinski definition) is 1. The van der Waals surface area contributed by atoms with E-state index >= 15 is 0 Å². The monoisotopic (exact) mass is 233 g/mol. The van der Waals surface area contributed by atoms with E-state index in [0.29, 0.717) is 5.92 Å². The summed E-state index contributed by atoms with van der Waals surface area (Å²) >= 11 is 0. The van der Waals surface area contributed by atoms with E-state index in [2.05, 4.69) is 38.2 Å². The summed E-state index contributed by atoms with van der Waals surface area (Å²) in [5.74, 6) is 2.37. The van der Waals surface area contributed by atoms with Gasteiger partial charge in [0, 0.05) is 18.0 Å². The van der Waals surface area contributed by atoms with E-state index in [4.69, 9.17) is 4.74 Å². The number of piperidine rings is 1. The van der Waals surface area contributed by atoms with Gasteiger partial charge in [0.1, 0.15) is 5.75 Å². The molecule has 2 atom stereocenters. The first kappa shape index (κ1) is 12.4. The molecule has 2 unspecified atom stereocenters. The van der Waals surface area contributed by atoms with Gasteiger partial charge in [-0.05, 0) is 49.9 Å². The number of rotatable bonds is 2. The van der Waals surface area contributed by atoms with Crippen LogP contribution in [0.1, 0.15) is 36.0 Å². The van der Waals surface area contributed by atoms with Gasteiger partial charge in [0.2, 0.25) is 0 Å². The standard InChI is InChI=1S/C15H23NO/c1-10-7-12(3)15(14(8-10)17-4)13-9-16-6-5-11(13)2/h7-8,11,13,16H,5-6,9H2,1-4H3. The first-order valence-electron chi connectivity index (χ1n) is 6.49. The van der Waals surface area contributed by atoms with Crippen LogP contribution in [0.4, 0.5) is 0 Å². The Morgan fingerprint density at radius 2 is 2.06 bits per heavy atom. The second kappa shape index (κ2) is 5.09. The highest BCUT2D eigenvalue weighted by atomic mass is 16.5. The van der Waals surface area contributed by atoms with Crippen LogP contribution < -0.4 is 10.1 Å². The summed E-state index contributed by atoms with van der Waals surface area (Å²) in [7, 11) is 1.78. The lowest BCUT2D eigenvalue weighted by Gasteiger charge is -2.32. The van der Waals surface area contributed by atoms with Gasteiger partial charge in [-0.1, -0.05) is 13.0 Å². The number of aryl methyl sites for hydroxylation is 2. The van der Waals surface area contributed by atoms with E-state index < -0.39 is 0 Å². The molecule has 0 amide bonds. The van der Waals surface area contributed by atoms with Gasteiger partial charge in [-0.25, -0.2) is 0 Å². The fraction of sp³-hybridized carbons (Fsp3) is 0.600. The maximum atomic E-state index is 5.58. The molecule has 1 aliphatic rings. The van der Waals surface area contributed by atoms with E-state index in [9.17, 15) is 0 Å². The molecule has 1 aromatic carbocycles. The normalized spacial score (nSPS) is 24.7. The van der Waals surface area contributed by atoms with E-state index in [-0.39, 0.29) is 0 Å². The molecule has 2 heteroatoms. The summed E-state index contributed by atoms with van der Waals surface area (Å²) in [6, 6.07) is 4.42. The van der Waals surface area contributed by atoms with Crippen molar-refractivity contribution in [3.8, 4) is 5.75 Å². The Hall–Kier alpha value is -1.02. The third kappa shape index (κ3) is 2.47. The van der Waals surface area contributed by atoms with Crippen LogP contribution in [-0.4, -0.2) is 20.2 Å². The number of benzene rings is 1. The van der Waals surface area contributed by atoms with Crippen molar-refractivity contribution in [2.24, 2.45) is 5.92 Å². The summed E-state index contributed by atoms with van der Waals surface area (Å²) in [6.07, 6.45) is 1.25. The quantitative estimate of drug-likeness (QED) is 0.848. The van der Waals surface area contributed by atoms with Gasteiger partial charge in [-0.15, -0.1) is 0 Å². The van der Waals surface area contributed by atoms with Crippen molar-refractivity contribution in [2.75, 3.05) is 20.2 Å². The van der Waals surface area contributed by atoms with Crippen LogP contribution in [0.15, 0.2) is 12.1 Å². The van der Waals surface area contributed by atoms with Gasteiger partial charge >= 0.3 is 0 Å². The summed E-state index contributed by atoms with van der Waals surface area (Å²) in [5.41, 5.74) is 4.04. The lowest BCUT2D eigenvalue weighted by Crippen LogP contribution is -2.34. The van der Waals surface area contributed by atoms with Gasteiger partial charge in [0.15, 0.2) is 0 Å². The molecule has 0 radical (unpaired) electrons. The second-order valence-corrected chi connectivity index (χ2v) is 5.27. The molecule has 1 saturated heterocycles. The average Bonchev–Trinajstić information content (AvgIpc) is 2.29.